The van der Waals surface area contributed by atoms with Gasteiger partial charge in [-0.25, -0.2) is 4.79 Å². The van der Waals surface area contributed by atoms with Crippen molar-refractivity contribution in [1.82, 2.24) is 5.32 Å². The van der Waals surface area contributed by atoms with Crippen molar-refractivity contribution in [1.29, 1.82) is 0 Å². The molecule has 1 aliphatic carbocycles. The Morgan fingerprint density at radius 2 is 1.42 bits per heavy atom. The van der Waals surface area contributed by atoms with E-state index in [0.717, 1.165) is 27.8 Å². The topological polar surface area (TPSA) is 95.9 Å². The summed E-state index contributed by atoms with van der Waals surface area (Å²) < 4.78 is 5.74. The van der Waals surface area contributed by atoms with Crippen molar-refractivity contribution >= 4 is 23.0 Å². The second-order valence-corrected chi connectivity index (χ2v) is 13.7. The van der Waals surface area contributed by atoms with Crippen molar-refractivity contribution in [3.63, 3.8) is 0 Å². The Labute approximate surface area is 272 Å². The van der Waals surface area contributed by atoms with Gasteiger partial charge in [-0.3, -0.25) is 4.79 Å². The lowest BCUT2D eigenvalue weighted by molar-refractivity contribution is -0.117. The molecule has 6 nitrogen and oxygen atoms in total. The molecule has 0 saturated heterocycles. The zero-order valence-electron chi connectivity index (χ0n) is 26.8. The van der Waals surface area contributed by atoms with Gasteiger partial charge in [-0.15, -0.1) is 0 Å². The first-order valence-corrected chi connectivity index (χ1v) is 17.0. The van der Waals surface area contributed by atoms with Gasteiger partial charge in [0.2, 0.25) is 0 Å². The summed E-state index contributed by atoms with van der Waals surface area (Å²) in [5.74, 6) is 0.428. The first-order valence-electron chi connectivity index (χ1n) is 16.0. The van der Waals surface area contributed by atoms with Crippen LogP contribution < -0.4 is 5.32 Å². The van der Waals surface area contributed by atoms with Crippen LogP contribution >= 0.6 is 11.8 Å². The van der Waals surface area contributed by atoms with Gasteiger partial charge in [0.1, 0.15) is 6.61 Å². The number of rotatable bonds is 15. The molecule has 1 aliphatic rings. The number of amides is 1. The fraction of sp³-hybridized carbons (Fsp3) is 0.421. The van der Waals surface area contributed by atoms with Crippen molar-refractivity contribution in [3.05, 3.63) is 108 Å². The van der Waals surface area contributed by atoms with Crippen molar-refractivity contribution < 1.29 is 24.5 Å². The standard InChI is InChI=1S/C38H47NO5S/c1-25(2)21-32(37(42)45-24-27-13-6-5-7-14-27)35(40)19-12-20-36(41)34(22-26(3)4)39-38(43)44-23-33-30-17-10-8-15-28(30)29-16-9-11-18-31(29)33/h5-19,25-26,32-36,40-41H,20-24H2,1-4H3,(H,39,43)/b19-12-/t32-,34-,35-,36+/m0/s1. The monoisotopic (exact) mass is 629 g/mol. The summed E-state index contributed by atoms with van der Waals surface area (Å²) in [4.78, 5) is 26.1. The molecular weight excluding hydrogens is 582 g/mol. The van der Waals surface area contributed by atoms with E-state index in [-0.39, 0.29) is 35.9 Å². The number of carbonyl (C=O) groups is 2. The molecule has 0 unspecified atom stereocenters. The van der Waals surface area contributed by atoms with E-state index in [9.17, 15) is 19.8 Å². The molecule has 0 radical (unpaired) electrons. The third-order valence-corrected chi connectivity index (χ3v) is 9.28. The summed E-state index contributed by atoms with van der Waals surface area (Å²) in [7, 11) is 0. The van der Waals surface area contributed by atoms with Crippen LogP contribution in [0.15, 0.2) is 91.0 Å². The summed E-state index contributed by atoms with van der Waals surface area (Å²) in [6.07, 6.45) is 2.25. The van der Waals surface area contributed by atoms with Crippen LogP contribution in [0.3, 0.4) is 0 Å². The Morgan fingerprint density at radius 3 is 2.02 bits per heavy atom. The van der Waals surface area contributed by atoms with Gasteiger partial charge in [0.25, 0.3) is 0 Å². The number of benzene rings is 3. The Hall–Kier alpha value is -3.39. The molecule has 7 heteroatoms. The molecule has 0 saturated carbocycles. The van der Waals surface area contributed by atoms with Gasteiger partial charge in [0, 0.05) is 11.7 Å². The zero-order valence-corrected chi connectivity index (χ0v) is 27.6. The van der Waals surface area contributed by atoms with Gasteiger partial charge in [-0.1, -0.05) is 130 Å². The third kappa shape index (κ3) is 9.80. The van der Waals surface area contributed by atoms with E-state index in [2.05, 4.69) is 29.6 Å². The minimum Gasteiger partial charge on any atom is -0.449 e. The van der Waals surface area contributed by atoms with Crippen molar-refractivity contribution in [3.8, 4) is 11.1 Å². The maximum Gasteiger partial charge on any atom is 0.407 e. The van der Waals surface area contributed by atoms with Crippen LogP contribution in [0.2, 0.25) is 0 Å². The van der Waals surface area contributed by atoms with Crippen molar-refractivity contribution in [2.75, 3.05) is 6.61 Å². The molecule has 4 atom stereocenters. The maximum atomic E-state index is 13.1. The predicted molar refractivity (Wildman–Crippen MR) is 183 cm³/mol. The number of carbonyl (C=O) groups excluding carboxylic acids is 2. The van der Waals surface area contributed by atoms with Crippen molar-refractivity contribution in [2.24, 2.45) is 17.8 Å². The smallest absolute Gasteiger partial charge is 0.407 e. The second kappa shape index (κ2) is 16.8. The highest BCUT2D eigenvalue weighted by Crippen LogP contribution is 2.44. The van der Waals surface area contributed by atoms with E-state index < -0.39 is 30.3 Å². The molecule has 45 heavy (non-hydrogen) atoms. The molecular formula is C38H47NO5S. The third-order valence-electron chi connectivity index (χ3n) is 8.21. The summed E-state index contributed by atoms with van der Waals surface area (Å²) >= 11 is 1.23. The van der Waals surface area contributed by atoms with Gasteiger partial charge in [0.05, 0.1) is 24.2 Å². The Kier molecular flexibility index (Phi) is 12.9. The van der Waals surface area contributed by atoms with E-state index in [1.807, 2.05) is 82.3 Å². The lowest BCUT2D eigenvalue weighted by Gasteiger charge is -2.25. The van der Waals surface area contributed by atoms with Crippen LogP contribution in [-0.4, -0.2) is 46.3 Å². The van der Waals surface area contributed by atoms with Crippen molar-refractivity contribution in [2.45, 2.75) is 76.9 Å². The number of nitrogens with one attached hydrogen (secondary N) is 1. The normalized spacial score (nSPS) is 15.5. The Balaban J connectivity index is 1.33. The molecule has 0 fully saturated rings. The van der Waals surface area contributed by atoms with Gasteiger partial charge in [-0.2, -0.15) is 0 Å². The Morgan fingerprint density at radius 1 is 0.844 bits per heavy atom. The molecule has 0 heterocycles. The fourth-order valence-electron chi connectivity index (χ4n) is 5.99. The first kappa shape index (κ1) is 34.5. The lowest BCUT2D eigenvalue weighted by atomic mass is 9.92. The first-order chi connectivity index (χ1) is 21.6. The van der Waals surface area contributed by atoms with E-state index in [0.29, 0.717) is 18.6 Å². The van der Waals surface area contributed by atoms with E-state index in [4.69, 9.17) is 4.74 Å². The van der Waals surface area contributed by atoms with E-state index in [1.165, 1.54) is 11.8 Å². The largest absolute Gasteiger partial charge is 0.449 e. The maximum absolute atomic E-state index is 13.1. The van der Waals surface area contributed by atoms with Crippen LogP contribution in [-0.2, 0) is 15.3 Å². The summed E-state index contributed by atoms with van der Waals surface area (Å²) in [5, 5.41) is 24.9. The lowest BCUT2D eigenvalue weighted by Crippen LogP contribution is -2.44. The van der Waals surface area contributed by atoms with Crippen LogP contribution in [0, 0.1) is 17.8 Å². The van der Waals surface area contributed by atoms with Crippen LogP contribution in [0.5, 0.6) is 0 Å². The summed E-state index contributed by atoms with van der Waals surface area (Å²) in [5.41, 5.74) is 5.67. The molecule has 1 amide bonds. The minimum atomic E-state index is -0.964. The number of hydrogen-bond acceptors (Lipinski definition) is 6. The molecule has 0 spiro atoms. The SMILES string of the molecule is CC(C)C[C@H](NC(=O)OCC1c2ccccc2-c2ccccc21)[C@H](O)C/C=C\[C@H](O)[C@H](CC(C)C)C(=O)SCc1ccccc1. The molecule has 3 aromatic carbocycles. The van der Waals surface area contributed by atoms with E-state index >= 15 is 0 Å². The molecule has 0 aliphatic heterocycles. The molecule has 3 N–H and O–H groups in total. The molecule has 0 bridgehead atoms. The number of aliphatic hydroxyl groups excluding tert-OH is 2. The number of fused-ring (bicyclic) bond motifs is 3. The average Bonchev–Trinajstić information content (AvgIpc) is 3.34. The highest BCUT2D eigenvalue weighted by Gasteiger charge is 2.30. The summed E-state index contributed by atoms with van der Waals surface area (Å²) in [6.45, 7) is 8.34. The molecule has 0 aromatic heterocycles. The highest BCUT2D eigenvalue weighted by atomic mass is 32.2. The minimum absolute atomic E-state index is 0.0418. The number of aliphatic hydroxyl groups is 2. The molecule has 3 aromatic rings. The van der Waals surface area contributed by atoms with Gasteiger partial charge in [0.15, 0.2) is 5.12 Å². The van der Waals surface area contributed by atoms with Crippen LogP contribution in [0.1, 0.15) is 69.6 Å². The number of thioether (sulfide) groups is 1. The van der Waals surface area contributed by atoms with Crippen LogP contribution in [0.4, 0.5) is 4.79 Å². The molecule has 4 rings (SSSR count). The Bertz CT molecular complexity index is 1380. The predicted octanol–water partition coefficient (Wildman–Crippen LogP) is 7.73. The van der Waals surface area contributed by atoms with E-state index in [1.54, 1.807) is 12.2 Å². The van der Waals surface area contributed by atoms with Gasteiger partial charge < -0.3 is 20.3 Å². The average molecular weight is 630 g/mol. The van der Waals surface area contributed by atoms with Gasteiger partial charge in [-0.05, 0) is 58.9 Å². The number of hydrogen-bond donors (Lipinski definition) is 3. The number of alkyl carbamates (subject to hydrolysis) is 1. The number of ether oxygens (including phenoxy) is 1. The molecule has 240 valence electrons. The zero-order chi connectivity index (χ0) is 32.3. The second-order valence-electron chi connectivity index (χ2n) is 12.8. The fourth-order valence-corrected chi connectivity index (χ4v) is 6.94. The van der Waals surface area contributed by atoms with Crippen LogP contribution in [0.25, 0.3) is 11.1 Å². The summed E-state index contributed by atoms with van der Waals surface area (Å²) in [6, 6.07) is 25.7. The quantitative estimate of drug-likeness (QED) is 0.149. The van der Waals surface area contributed by atoms with Gasteiger partial charge >= 0.3 is 6.09 Å². The highest BCUT2D eigenvalue weighted by molar-refractivity contribution is 8.13.